The fourth-order valence-electron chi connectivity index (χ4n) is 1.53. The molecule has 0 saturated heterocycles. The number of furan rings is 1. The molecule has 2 nitrogen and oxygen atoms in total. The minimum atomic E-state index is -1.35. The van der Waals surface area contributed by atoms with Crippen molar-refractivity contribution >= 4 is 0 Å². The fourth-order valence-corrected chi connectivity index (χ4v) is 1.53. The molecule has 1 aromatic heterocycles. The van der Waals surface area contributed by atoms with Crippen LogP contribution in [0.2, 0.25) is 0 Å². The Bertz CT molecular complexity index is 492. The standard InChI is InChI=1S/C12H10F2O2/c1-7-2-3-9(13)10(11(7)14)12(15)8-4-5-16-6-8/h2-6,12,15H,1H3. The van der Waals surface area contributed by atoms with Crippen molar-refractivity contribution in [1.29, 1.82) is 0 Å². The molecule has 1 heterocycles. The SMILES string of the molecule is Cc1ccc(F)c(C(O)c2ccoc2)c1F. The van der Waals surface area contributed by atoms with E-state index in [-0.39, 0.29) is 5.56 Å². The molecule has 2 rings (SSSR count). The van der Waals surface area contributed by atoms with Crippen molar-refractivity contribution in [3.63, 3.8) is 0 Å². The highest BCUT2D eigenvalue weighted by Gasteiger charge is 2.21. The fraction of sp³-hybridized carbons (Fsp3) is 0.167. The van der Waals surface area contributed by atoms with E-state index in [2.05, 4.69) is 0 Å². The summed E-state index contributed by atoms with van der Waals surface area (Å²) in [5, 5.41) is 9.83. The molecule has 0 fully saturated rings. The average molecular weight is 224 g/mol. The molecule has 1 unspecified atom stereocenters. The van der Waals surface area contributed by atoms with Crippen molar-refractivity contribution in [2.45, 2.75) is 13.0 Å². The largest absolute Gasteiger partial charge is 0.472 e. The second-order valence-electron chi connectivity index (χ2n) is 3.55. The monoisotopic (exact) mass is 224 g/mol. The summed E-state index contributed by atoms with van der Waals surface area (Å²) in [7, 11) is 0. The van der Waals surface area contributed by atoms with Gasteiger partial charge in [-0.05, 0) is 24.6 Å². The van der Waals surface area contributed by atoms with Crippen molar-refractivity contribution in [2.75, 3.05) is 0 Å². The molecule has 0 aliphatic rings. The molecule has 4 heteroatoms. The van der Waals surface area contributed by atoms with Crippen LogP contribution in [0.3, 0.4) is 0 Å². The van der Waals surface area contributed by atoms with E-state index < -0.39 is 17.7 Å². The lowest BCUT2D eigenvalue weighted by Gasteiger charge is -2.12. The van der Waals surface area contributed by atoms with E-state index in [9.17, 15) is 13.9 Å². The smallest absolute Gasteiger partial charge is 0.135 e. The van der Waals surface area contributed by atoms with Crippen LogP contribution in [0.4, 0.5) is 8.78 Å². The van der Waals surface area contributed by atoms with Gasteiger partial charge in [-0.15, -0.1) is 0 Å². The van der Waals surface area contributed by atoms with Crippen LogP contribution in [0.15, 0.2) is 35.1 Å². The summed E-state index contributed by atoms with van der Waals surface area (Å²) in [4.78, 5) is 0. The molecule has 84 valence electrons. The Labute approximate surface area is 91.1 Å². The molecule has 0 amide bonds. The number of halogens is 2. The highest BCUT2D eigenvalue weighted by atomic mass is 19.1. The first-order chi connectivity index (χ1) is 7.61. The van der Waals surface area contributed by atoms with E-state index in [4.69, 9.17) is 4.42 Å². The lowest BCUT2D eigenvalue weighted by atomic mass is 10.0. The number of rotatable bonds is 2. The Kier molecular flexibility index (Phi) is 2.75. The van der Waals surface area contributed by atoms with Crippen LogP contribution in [0, 0.1) is 18.6 Å². The van der Waals surface area contributed by atoms with Gasteiger partial charge in [0.25, 0.3) is 0 Å². The maximum Gasteiger partial charge on any atom is 0.135 e. The molecule has 0 aliphatic heterocycles. The quantitative estimate of drug-likeness (QED) is 0.850. The molecule has 0 bridgehead atoms. The molecular weight excluding hydrogens is 214 g/mol. The number of aliphatic hydroxyl groups excluding tert-OH is 1. The van der Waals surface area contributed by atoms with Gasteiger partial charge in [0.05, 0.1) is 18.1 Å². The van der Waals surface area contributed by atoms with Gasteiger partial charge in [0.15, 0.2) is 0 Å². The number of benzene rings is 1. The predicted octanol–water partition coefficient (Wildman–Crippen LogP) is 2.95. The van der Waals surface area contributed by atoms with Crippen molar-refractivity contribution in [1.82, 2.24) is 0 Å². The molecule has 0 spiro atoms. The summed E-state index contributed by atoms with van der Waals surface area (Å²) in [5.74, 6) is -1.49. The normalized spacial score (nSPS) is 12.8. The minimum absolute atomic E-state index is 0.291. The number of hydrogen-bond donors (Lipinski definition) is 1. The maximum atomic E-state index is 13.7. The first-order valence-electron chi connectivity index (χ1n) is 4.76. The van der Waals surface area contributed by atoms with Crippen molar-refractivity contribution in [2.24, 2.45) is 0 Å². The summed E-state index contributed by atoms with van der Waals surface area (Å²) in [6.45, 7) is 1.51. The Balaban J connectivity index is 2.52. The van der Waals surface area contributed by atoms with Gasteiger partial charge in [0.1, 0.15) is 17.7 Å². The van der Waals surface area contributed by atoms with Gasteiger partial charge in [-0.25, -0.2) is 8.78 Å². The summed E-state index contributed by atoms with van der Waals surface area (Å²) in [6.07, 6.45) is 1.24. The molecular formula is C12H10F2O2. The van der Waals surface area contributed by atoms with E-state index in [0.717, 1.165) is 6.07 Å². The van der Waals surface area contributed by atoms with Crippen LogP contribution in [0.25, 0.3) is 0 Å². The molecule has 0 radical (unpaired) electrons. The Morgan fingerprint density at radius 3 is 2.62 bits per heavy atom. The van der Waals surface area contributed by atoms with E-state index in [1.165, 1.54) is 31.6 Å². The topological polar surface area (TPSA) is 33.4 Å². The predicted molar refractivity (Wildman–Crippen MR) is 53.9 cm³/mol. The zero-order valence-corrected chi connectivity index (χ0v) is 8.58. The van der Waals surface area contributed by atoms with Gasteiger partial charge < -0.3 is 9.52 Å². The molecule has 0 saturated carbocycles. The Morgan fingerprint density at radius 1 is 1.25 bits per heavy atom. The maximum absolute atomic E-state index is 13.7. The Hall–Kier alpha value is -1.68. The number of aliphatic hydroxyl groups is 1. The van der Waals surface area contributed by atoms with Gasteiger partial charge in [-0.1, -0.05) is 6.07 Å². The summed E-state index contributed by atoms with van der Waals surface area (Å²) in [5.41, 5.74) is 0.267. The van der Waals surface area contributed by atoms with Crippen molar-refractivity contribution < 1.29 is 18.3 Å². The summed E-state index contributed by atoms with van der Waals surface area (Å²) < 4.78 is 31.9. The van der Waals surface area contributed by atoms with E-state index in [1.54, 1.807) is 0 Å². The third-order valence-corrected chi connectivity index (χ3v) is 2.45. The van der Waals surface area contributed by atoms with Crippen LogP contribution < -0.4 is 0 Å². The van der Waals surface area contributed by atoms with Gasteiger partial charge in [-0.3, -0.25) is 0 Å². The minimum Gasteiger partial charge on any atom is -0.472 e. The molecule has 1 atom stereocenters. The van der Waals surface area contributed by atoms with E-state index in [1.807, 2.05) is 0 Å². The molecule has 0 aliphatic carbocycles. The van der Waals surface area contributed by atoms with E-state index in [0.29, 0.717) is 11.1 Å². The molecule has 1 N–H and O–H groups in total. The average Bonchev–Trinajstić information content (AvgIpc) is 2.77. The van der Waals surface area contributed by atoms with Crippen LogP contribution in [0.5, 0.6) is 0 Å². The lowest BCUT2D eigenvalue weighted by molar-refractivity contribution is 0.208. The van der Waals surface area contributed by atoms with Crippen molar-refractivity contribution in [3.05, 3.63) is 59.1 Å². The third kappa shape index (κ3) is 1.72. The van der Waals surface area contributed by atoms with Gasteiger partial charge in [0.2, 0.25) is 0 Å². The molecule has 2 aromatic rings. The van der Waals surface area contributed by atoms with Gasteiger partial charge >= 0.3 is 0 Å². The zero-order chi connectivity index (χ0) is 11.7. The number of hydrogen-bond acceptors (Lipinski definition) is 2. The lowest BCUT2D eigenvalue weighted by Crippen LogP contribution is -2.06. The van der Waals surface area contributed by atoms with Crippen LogP contribution in [0.1, 0.15) is 22.8 Å². The summed E-state index contributed by atoms with van der Waals surface area (Å²) in [6, 6.07) is 3.93. The number of aryl methyl sites for hydroxylation is 1. The first-order valence-corrected chi connectivity index (χ1v) is 4.76. The van der Waals surface area contributed by atoms with Gasteiger partial charge in [0, 0.05) is 5.56 Å². The Morgan fingerprint density at radius 2 is 2.00 bits per heavy atom. The van der Waals surface area contributed by atoms with Crippen LogP contribution in [-0.4, -0.2) is 5.11 Å². The second-order valence-corrected chi connectivity index (χ2v) is 3.55. The summed E-state index contributed by atoms with van der Waals surface area (Å²) >= 11 is 0. The van der Waals surface area contributed by atoms with Crippen LogP contribution >= 0.6 is 0 Å². The van der Waals surface area contributed by atoms with Crippen molar-refractivity contribution in [3.8, 4) is 0 Å². The van der Waals surface area contributed by atoms with Crippen LogP contribution in [-0.2, 0) is 0 Å². The molecule has 16 heavy (non-hydrogen) atoms. The zero-order valence-electron chi connectivity index (χ0n) is 8.58. The highest BCUT2D eigenvalue weighted by molar-refractivity contribution is 5.33. The molecule has 1 aromatic carbocycles. The van der Waals surface area contributed by atoms with Gasteiger partial charge in [-0.2, -0.15) is 0 Å². The second kappa shape index (κ2) is 4.06. The van der Waals surface area contributed by atoms with E-state index >= 15 is 0 Å². The highest BCUT2D eigenvalue weighted by Crippen LogP contribution is 2.28. The third-order valence-electron chi connectivity index (χ3n) is 2.45. The first kappa shape index (κ1) is 10.8.